The molecule has 2 N–H and O–H groups in total. The molecule has 4 aliphatic rings. The van der Waals surface area contributed by atoms with Gasteiger partial charge in [-0.25, -0.2) is 9.59 Å². The molecule has 7 rings (SSSR count). The molecule has 0 bridgehead atoms. The highest BCUT2D eigenvalue weighted by atomic mass is 16.6. The summed E-state index contributed by atoms with van der Waals surface area (Å²) >= 11 is 0. The van der Waals surface area contributed by atoms with Gasteiger partial charge >= 0.3 is 12.1 Å². The maximum Gasteiger partial charge on any atom is 0.410 e. The number of fused-ring (bicyclic) bond motifs is 2. The largest absolute Gasteiger partial charge is 0.436 e. The number of urea groups is 1. The molecule has 2 aromatic carbocycles. The molecule has 12 nitrogen and oxygen atoms in total. The minimum atomic E-state index is -0.940. The van der Waals surface area contributed by atoms with Crippen LogP contribution in [0, 0.1) is 6.92 Å². The number of aromatic nitrogens is 3. The zero-order valence-corrected chi connectivity index (χ0v) is 26.6. The van der Waals surface area contributed by atoms with E-state index in [4.69, 9.17) is 4.74 Å². The quantitative estimate of drug-likeness (QED) is 0.417. The number of ether oxygens (including phenoxy) is 1. The van der Waals surface area contributed by atoms with Crippen LogP contribution in [0.2, 0.25) is 0 Å². The molecule has 1 aromatic heterocycles. The van der Waals surface area contributed by atoms with Gasteiger partial charge in [0.2, 0.25) is 0 Å². The minimum absolute atomic E-state index is 0.0215. The van der Waals surface area contributed by atoms with Crippen molar-refractivity contribution in [2.45, 2.75) is 83.0 Å². The van der Waals surface area contributed by atoms with Crippen LogP contribution in [0.25, 0.3) is 11.0 Å². The average Bonchev–Trinajstić information content (AvgIpc) is 3.57. The number of amides is 4. The molecule has 1 atom stereocenters. The number of aromatic amines is 1. The SMILES string of the molecule is Cc1cc(C[C@@H](OC(=O)N2CCC(N3Cc4ccccc4NC3=O)CC2)C(=O)N2CCC(N3CCCCC3)CC2)cc2n[nH]nc12. The fourth-order valence-electron chi connectivity index (χ4n) is 7.72. The second kappa shape index (κ2) is 13.3. The number of carbonyl (C=O) groups is 3. The summed E-state index contributed by atoms with van der Waals surface area (Å²) < 4.78 is 6.08. The fourth-order valence-corrected chi connectivity index (χ4v) is 7.72. The van der Waals surface area contributed by atoms with Gasteiger partial charge in [-0.05, 0) is 87.4 Å². The van der Waals surface area contributed by atoms with Gasteiger partial charge in [-0.15, -0.1) is 0 Å². The fraction of sp³-hybridized carbons (Fsp3) is 0.559. The van der Waals surface area contributed by atoms with E-state index in [0.29, 0.717) is 51.6 Å². The number of benzene rings is 2. The number of nitrogens with one attached hydrogen (secondary N) is 2. The molecule has 0 spiro atoms. The summed E-state index contributed by atoms with van der Waals surface area (Å²) in [7, 11) is 0. The predicted octanol–water partition coefficient (Wildman–Crippen LogP) is 4.30. The van der Waals surface area contributed by atoms with E-state index in [1.54, 1.807) is 4.90 Å². The Hall–Kier alpha value is -4.19. The zero-order chi connectivity index (χ0) is 31.6. The van der Waals surface area contributed by atoms with Gasteiger partial charge in [0, 0.05) is 56.9 Å². The van der Waals surface area contributed by atoms with E-state index >= 15 is 0 Å². The molecule has 5 heterocycles. The first-order valence-corrected chi connectivity index (χ1v) is 16.9. The molecule has 0 aliphatic carbocycles. The van der Waals surface area contributed by atoms with Crippen molar-refractivity contribution in [3.8, 4) is 0 Å². The molecule has 3 fully saturated rings. The Morgan fingerprint density at radius 3 is 2.41 bits per heavy atom. The van der Waals surface area contributed by atoms with E-state index in [1.807, 2.05) is 53.1 Å². The Kier molecular flexibility index (Phi) is 8.79. The van der Waals surface area contributed by atoms with E-state index in [9.17, 15) is 14.4 Å². The van der Waals surface area contributed by atoms with Crippen LogP contribution in [0.3, 0.4) is 0 Å². The standard InChI is InChI=1S/C34H44N8O4/c1-23-19-24(20-29-31(23)37-38-36-29)21-30(32(43)40-15-9-26(10-16-40)39-13-5-2-6-14-39)46-34(45)41-17-11-27(12-18-41)42-22-25-7-3-4-8-28(25)35-33(42)44/h3-4,7-8,19-20,26-27,30H,2,5-6,9-18,21-22H2,1H3,(H,35,44)(H,36,37,38)/t30-/m1/s1. The van der Waals surface area contributed by atoms with Crippen LogP contribution in [0.15, 0.2) is 36.4 Å². The summed E-state index contributed by atoms with van der Waals surface area (Å²) in [5.74, 6) is -0.137. The number of likely N-dealkylation sites (tertiary alicyclic amines) is 3. The number of piperidine rings is 3. The van der Waals surface area contributed by atoms with Gasteiger partial charge in [0.1, 0.15) is 11.0 Å². The first-order chi connectivity index (χ1) is 22.4. The van der Waals surface area contributed by atoms with E-state index in [-0.39, 0.29) is 24.4 Å². The minimum Gasteiger partial charge on any atom is -0.436 e. The number of H-pyrrole nitrogens is 1. The van der Waals surface area contributed by atoms with Crippen LogP contribution in [-0.4, -0.2) is 110 Å². The van der Waals surface area contributed by atoms with Crippen molar-refractivity contribution in [3.63, 3.8) is 0 Å². The van der Waals surface area contributed by atoms with Gasteiger partial charge in [0.25, 0.3) is 5.91 Å². The molecule has 3 aromatic rings. The smallest absolute Gasteiger partial charge is 0.410 e. The number of hydrogen-bond donors (Lipinski definition) is 2. The average molecular weight is 629 g/mol. The lowest BCUT2D eigenvalue weighted by Crippen LogP contribution is -2.53. The first-order valence-electron chi connectivity index (χ1n) is 16.9. The lowest BCUT2D eigenvalue weighted by Gasteiger charge is -2.41. The van der Waals surface area contributed by atoms with E-state index in [1.165, 1.54) is 19.3 Å². The third kappa shape index (κ3) is 6.40. The number of anilines is 1. The van der Waals surface area contributed by atoms with Crippen LogP contribution < -0.4 is 5.32 Å². The van der Waals surface area contributed by atoms with Crippen molar-refractivity contribution in [3.05, 3.63) is 53.1 Å². The van der Waals surface area contributed by atoms with Gasteiger partial charge in [0.05, 0.1) is 0 Å². The van der Waals surface area contributed by atoms with Crippen molar-refractivity contribution in [2.75, 3.05) is 44.6 Å². The van der Waals surface area contributed by atoms with E-state index in [2.05, 4.69) is 25.6 Å². The van der Waals surface area contributed by atoms with Crippen LogP contribution in [0.5, 0.6) is 0 Å². The number of hydrogen-bond acceptors (Lipinski definition) is 7. The first kappa shape index (κ1) is 30.5. The van der Waals surface area contributed by atoms with Crippen molar-refractivity contribution in [1.82, 2.24) is 35.0 Å². The monoisotopic (exact) mass is 628 g/mol. The van der Waals surface area contributed by atoms with Gasteiger partial charge < -0.3 is 29.7 Å². The molecule has 0 unspecified atom stereocenters. The van der Waals surface area contributed by atoms with Gasteiger partial charge in [-0.2, -0.15) is 15.4 Å². The molecule has 4 aliphatic heterocycles. The second-order valence-electron chi connectivity index (χ2n) is 13.3. The van der Waals surface area contributed by atoms with Gasteiger partial charge in [0.15, 0.2) is 6.10 Å². The molecule has 0 saturated carbocycles. The highest BCUT2D eigenvalue weighted by Crippen LogP contribution is 2.29. The Labute approximate surface area is 269 Å². The molecule has 4 amide bonds. The molecular weight excluding hydrogens is 584 g/mol. The summed E-state index contributed by atoms with van der Waals surface area (Å²) in [6, 6.07) is 12.2. The molecule has 3 saturated heterocycles. The second-order valence-corrected chi connectivity index (χ2v) is 13.3. The number of carbonyl (C=O) groups excluding carboxylic acids is 3. The van der Waals surface area contributed by atoms with Crippen LogP contribution in [-0.2, 0) is 22.5 Å². The van der Waals surface area contributed by atoms with Gasteiger partial charge in [-0.1, -0.05) is 30.7 Å². The predicted molar refractivity (Wildman–Crippen MR) is 173 cm³/mol. The molecule has 0 radical (unpaired) electrons. The summed E-state index contributed by atoms with van der Waals surface area (Å²) in [5, 5.41) is 14.1. The Balaban J connectivity index is 1.01. The zero-order valence-electron chi connectivity index (χ0n) is 26.6. The molecule has 46 heavy (non-hydrogen) atoms. The summed E-state index contributed by atoms with van der Waals surface area (Å²) in [6.45, 7) is 7.07. The number of para-hydroxylation sites is 1. The van der Waals surface area contributed by atoms with Crippen LogP contribution >= 0.6 is 0 Å². The molecule has 12 heteroatoms. The molecule has 244 valence electrons. The summed E-state index contributed by atoms with van der Waals surface area (Å²) in [4.78, 5) is 48.5. The maximum atomic E-state index is 14.0. The van der Waals surface area contributed by atoms with Crippen LogP contribution in [0.4, 0.5) is 15.3 Å². The van der Waals surface area contributed by atoms with Crippen molar-refractivity contribution in [2.24, 2.45) is 0 Å². The summed E-state index contributed by atoms with van der Waals surface area (Å²) in [5.41, 5.74) is 5.28. The van der Waals surface area contributed by atoms with Crippen molar-refractivity contribution < 1.29 is 19.1 Å². The van der Waals surface area contributed by atoms with E-state index < -0.39 is 12.2 Å². The van der Waals surface area contributed by atoms with Gasteiger partial charge in [-0.3, -0.25) is 4.79 Å². The lowest BCUT2D eigenvalue weighted by molar-refractivity contribution is -0.142. The number of rotatable bonds is 6. The third-order valence-electron chi connectivity index (χ3n) is 10.3. The summed E-state index contributed by atoms with van der Waals surface area (Å²) in [6.07, 6.45) is 5.84. The Morgan fingerprint density at radius 1 is 0.913 bits per heavy atom. The maximum absolute atomic E-state index is 14.0. The highest BCUT2D eigenvalue weighted by molar-refractivity contribution is 5.92. The van der Waals surface area contributed by atoms with E-state index in [0.717, 1.165) is 59.3 Å². The van der Waals surface area contributed by atoms with Crippen molar-refractivity contribution >= 4 is 34.8 Å². The van der Waals surface area contributed by atoms with Crippen molar-refractivity contribution in [1.29, 1.82) is 0 Å². The Morgan fingerprint density at radius 2 is 1.63 bits per heavy atom. The lowest BCUT2D eigenvalue weighted by atomic mass is 9.98. The normalized spacial score (nSPS) is 20.8. The van der Waals surface area contributed by atoms with Crippen LogP contribution in [0.1, 0.15) is 61.6 Å². The Bertz CT molecular complexity index is 1570. The highest BCUT2D eigenvalue weighted by Gasteiger charge is 2.36. The number of nitrogens with zero attached hydrogens (tertiary/aromatic N) is 6. The number of aryl methyl sites for hydroxylation is 1. The third-order valence-corrected chi connectivity index (χ3v) is 10.3. The topological polar surface area (TPSA) is 127 Å². The molecular formula is C34H44N8O4.